The number of nitrogens with one attached hydrogen (secondary N) is 1. The van der Waals surface area contributed by atoms with Crippen LogP contribution in [0.15, 0.2) is 41.3 Å². The van der Waals surface area contributed by atoms with Gasteiger partial charge >= 0.3 is 0 Å². The summed E-state index contributed by atoms with van der Waals surface area (Å²) >= 11 is 5.91. The highest BCUT2D eigenvalue weighted by molar-refractivity contribution is 7.89. The Labute approximate surface area is 145 Å². The summed E-state index contributed by atoms with van der Waals surface area (Å²) in [5.41, 5.74) is 0.705. The van der Waals surface area contributed by atoms with Crippen molar-refractivity contribution in [3.8, 4) is 17.2 Å². The predicted octanol–water partition coefficient (Wildman–Crippen LogP) is 2.73. The normalized spacial score (nSPS) is 13.1. The third-order valence-corrected chi connectivity index (χ3v) is 5.33. The Morgan fingerprint density at radius 3 is 2.75 bits per heavy atom. The molecule has 1 N–H and O–H groups in total. The van der Waals surface area contributed by atoms with E-state index in [1.54, 1.807) is 31.2 Å². The summed E-state index contributed by atoms with van der Waals surface area (Å²) in [7, 11) is -3.60. The fraction of sp³-hybridized carbons (Fsp3) is 0.250. The standard InChI is InChI=1S/C16H16ClNO5S/c1-11-8-13(3-4-14(11)17)24(19,20)18-6-7-21-12-2-5-15-16(9-12)23-10-22-15/h2-5,8-9,18H,6-7,10H2,1H3. The molecule has 0 saturated carbocycles. The van der Waals surface area contributed by atoms with E-state index in [9.17, 15) is 8.42 Å². The summed E-state index contributed by atoms with van der Waals surface area (Å²) in [6, 6.07) is 9.76. The summed E-state index contributed by atoms with van der Waals surface area (Å²) in [6.07, 6.45) is 0. The largest absolute Gasteiger partial charge is 0.492 e. The minimum Gasteiger partial charge on any atom is -0.492 e. The summed E-state index contributed by atoms with van der Waals surface area (Å²) in [5, 5.41) is 0.528. The Hall–Kier alpha value is -1.96. The van der Waals surface area contributed by atoms with E-state index in [1.807, 2.05) is 0 Å². The first kappa shape index (κ1) is 16.9. The van der Waals surface area contributed by atoms with Crippen molar-refractivity contribution in [2.45, 2.75) is 11.8 Å². The molecule has 6 nitrogen and oxygen atoms in total. The lowest BCUT2D eigenvalue weighted by molar-refractivity contribution is 0.173. The molecular weight excluding hydrogens is 354 g/mol. The van der Waals surface area contributed by atoms with Gasteiger partial charge in [-0.2, -0.15) is 0 Å². The monoisotopic (exact) mass is 369 g/mol. The van der Waals surface area contributed by atoms with Gasteiger partial charge in [0.05, 0.1) is 4.90 Å². The van der Waals surface area contributed by atoms with Crippen molar-refractivity contribution in [3.05, 3.63) is 47.0 Å². The van der Waals surface area contributed by atoms with Crippen LogP contribution in [0, 0.1) is 6.92 Å². The van der Waals surface area contributed by atoms with Crippen LogP contribution < -0.4 is 18.9 Å². The molecule has 128 valence electrons. The van der Waals surface area contributed by atoms with E-state index < -0.39 is 10.0 Å². The lowest BCUT2D eigenvalue weighted by Gasteiger charge is -2.10. The Kier molecular flexibility index (Phi) is 4.84. The molecule has 0 aromatic heterocycles. The van der Waals surface area contributed by atoms with Crippen LogP contribution in [-0.4, -0.2) is 28.4 Å². The maximum Gasteiger partial charge on any atom is 0.240 e. The van der Waals surface area contributed by atoms with E-state index in [4.69, 9.17) is 25.8 Å². The zero-order valence-electron chi connectivity index (χ0n) is 12.9. The summed E-state index contributed by atoms with van der Waals surface area (Å²) in [6.45, 7) is 2.27. The number of sulfonamides is 1. The molecule has 0 saturated heterocycles. The number of aryl methyl sites for hydroxylation is 1. The highest BCUT2D eigenvalue weighted by Gasteiger charge is 2.15. The molecule has 0 spiro atoms. The molecule has 1 aliphatic rings. The molecular formula is C16H16ClNO5S. The first-order valence-electron chi connectivity index (χ1n) is 7.24. The second kappa shape index (κ2) is 6.88. The highest BCUT2D eigenvalue weighted by atomic mass is 35.5. The van der Waals surface area contributed by atoms with E-state index in [0.29, 0.717) is 27.8 Å². The lowest BCUT2D eigenvalue weighted by atomic mass is 10.2. The number of fused-ring (bicyclic) bond motifs is 1. The van der Waals surface area contributed by atoms with Gasteiger partial charge in [-0.05, 0) is 42.8 Å². The van der Waals surface area contributed by atoms with Gasteiger partial charge in [-0.15, -0.1) is 0 Å². The van der Waals surface area contributed by atoms with Crippen LogP contribution >= 0.6 is 11.6 Å². The van der Waals surface area contributed by atoms with Crippen LogP contribution in [0.25, 0.3) is 0 Å². The fourth-order valence-electron chi connectivity index (χ4n) is 2.18. The molecule has 0 radical (unpaired) electrons. The van der Waals surface area contributed by atoms with Crippen molar-refractivity contribution in [3.63, 3.8) is 0 Å². The molecule has 0 unspecified atom stereocenters. The fourth-order valence-corrected chi connectivity index (χ4v) is 3.39. The van der Waals surface area contributed by atoms with Crippen LogP contribution in [0.5, 0.6) is 17.2 Å². The molecule has 24 heavy (non-hydrogen) atoms. The molecule has 1 aliphatic heterocycles. The first-order valence-corrected chi connectivity index (χ1v) is 9.10. The van der Waals surface area contributed by atoms with Gasteiger partial charge in [-0.1, -0.05) is 11.6 Å². The summed E-state index contributed by atoms with van der Waals surface area (Å²) < 4.78 is 42.9. The second-order valence-corrected chi connectivity index (χ2v) is 7.35. The molecule has 8 heteroatoms. The number of rotatable bonds is 6. The number of halogens is 1. The number of ether oxygens (including phenoxy) is 3. The average molecular weight is 370 g/mol. The Morgan fingerprint density at radius 2 is 1.96 bits per heavy atom. The lowest BCUT2D eigenvalue weighted by Crippen LogP contribution is -2.28. The number of hydrogen-bond acceptors (Lipinski definition) is 5. The van der Waals surface area contributed by atoms with E-state index in [1.165, 1.54) is 12.1 Å². The Balaban J connectivity index is 1.54. The van der Waals surface area contributed by atoms with E-state index >= 15 is 0 Å². The van der Waals surface area contributed by atoms with E-state index in [2.05, 4.69) is 4.72 Å². The van der Waals surface area contributed by atoms with Crippen molar-refractivity contribution in [1.29, 1.82) is 0 Å². The van der Waals surface area contributed by atoms with E-state index in [0.717, 1.165) is 0 Å². The Bertz CT molecular complexity index is 854. The molecule has 3 rings (SSSR count). The van der Waals surface area contributed by atoms with Gasteiger partial charge in [-0.25, -0.2) is 13.1 Å². The SMILES string of the molecule is Cc1cc(S(=O)(=O)NCCOc2ccc3c(c2)OCO3)ccc1Cl. The maximum absolute atomic E-state index is 12.2. The second-order valence-electron chi connectivity index (χ2n) is 5.17. The van der Waals surface area contributed by atoms with Crippen LogP contribution in [-0.2, 0) is 10.0 Å². The molecule has 0 bridgehead atoms. The smallest absolute Gasteiger partial charge is 0.240 e. The van der Waals surface area contributed by atoms with Gasteiger partial charge in [0.15, 0.2) is 11.5 Å². The first-order chi connectivity index (χ1) is 11.5. The zero-order chi connectivity index (χ0) is 17.2. The molecule has 0 aliphatic carbocycles. The summed E-state index contributed by atoms with van der Waals surface area (Å²) in [4.78, 5) is 0.174. The molecule has 0 atom stereocenters. The van der Waals surface area contributed by atoms with Crippen molar-refractivity contribution in [1.82, 2.24) is 4.72 Å². The highest BCUT2D eigenvalue weighted by Crippen LogP contribution is 2.35. The molecule has 1 heterocycles. The van der Waals surface area contributed by atoms with Gasteiger partial charge in [0.1, 0.15) is 12.4 Å². The molecule has 0 amide bonds. The summed E-state index contributed by atoms with van der Waals surface area (Å²) in [5.74, 6) is 1.87. The van der Waals surface area contributed by atoms with Gasteiger partial charge < -0.3 is 14.2 Å². The number of benzene rings is 2. The minimum atomic E-state index is -3.60. The van der Waals surface area contributed by atoms with Crippen LogP contribution in [0.1, 0.15) is 5.56 Å². The van der Waals surface area contributed by atoms with Crippen molar-refractivity contribution in [2.24, 2.45) is 0 Å². The third-order valence-electron chi connectivity index (χ3n) is 3.45. The van der Waals surface area contributed by atoms with Crippen molar-refractivity contribution >= 4 is 21.6 Å². The van der Waals surface area contributed by atoms with Gasteiger partial charge in [-0.3, -0.25) is 0 Å². The Morgan fingerprint density at radius 1 is 1.17 bits per heavy atom. The zero-order valence-corrected chi connectivity index (χ0v) is 14.5. The van der Waals surface area contributed by atoms with Gasteiger partial charge in [0.2, 0.25) is 16.8 Å². The topological polar surface area (TPSA) is 73.9 Å². The maximum atomic E-state index is 12.2. The van der Waals surface area contributed by atoms with Crippen LogP contribution in [0.2, 0.25) is 5.02 Å². The van der Waals surface area contributed by atoms with Crippen LogP contribution in [0.4, 0.5) is 0 Å². The van der Waals surface area contributed by atoms with Gasteiger partial charge in [0.25, 0.3) is 0 Å². The number of hydrogen-bond donors (Lipinski definition) is 1. The minimum absolute atomic E-state index is 0.137. The van der Waals surface area contributed by atoms with Crippen LogP contribution in [0.3, 0.4) is 0 Å². The van der Waals surface area contributed by atoms with Crippen molar-refractivity contribution < 1.29 is 22.6 Å². The van der Waals surface area contributed by atoms with Crippen molar-refractivity contribution in [2.75, 3.05) is 19.9 Å². The molecule has 2 aromatic rings. The molecule has 2 aromatic carbocycles. The third kappa shape index (κ3) is 3.75. The quantitative estimate of drug-likeness (QED) is 0.792. The predicted molar refractivity (Wildman–Crippen MR) is 89.4 cm³/mol. The molecule has 0 fully saturated rings. The van der Waals surface area contributed by atoms with Gasteiger partial charge in [0, 0.05) is 17.6 Å². The average Bonchev–Trinajstić information content (AvgIpc) is 3.02. The van der Waals surface area contributed by atoms with E-state index in [-0.39, 0.29) is 24.8 Å².